The fourth-order valence-corrected chi connectivity index (χ4v) is 3.45. The first-order chi connectivity index (χ1) is 11.1. The van der Waals surface area contributed by atoms with Gasteiger partial charge in [-0.1, -0.05) is 6.07 Å². The van der Waals surface area contributed by atoms with Crippen molar-refractivity contribution in [1.29, 1.82) is 0 Å². The van der Waals surface area contributed by atoms with Gasteiger partial charge in [0, 0.05) is 57.1 Å². The van der Waals surface area contributed by atoms with Crippen LogP contribution >= 0.6 is 0 Å². The van der Waals surface area contributed by atoms with Crippen LogP contribution in [0.4, 0.5) is 0 Å². The number of piperazine rings is 1. The number of phenolic OH excluding ortho intramolecular Hbond substituents is 1. The van der Waals surface area contributed by atoms with E-state index in [4.69, 9.17) is 4.74 Å². The second-order valence-electron chi connectivity index (χ2n) is 6.60. The van der Waals surface area contributed by atoms with Crippen LogP contribution in [0.25, 0.3) is 0 Å². The van der Waals surface area contributed by atoms with E-state index in [1.165, 1.54) is 0 Å². The molecule has 1 N–H and O–H groups in total. The summed E-state index contributed by atoms with van der Waals surface area (Å²) in [6, 6.07) is 5.15. The maximum Gasteiger partial charge on any atom is 0.254 e. The van der Waals surface area contributed by atoms with Crippen molar-refractivity contribution in [1.82, 2.24) is 9.80 Å². The smallest absolute Gasteiger partial charge is 0.254 e. The summed E-state index contributed by atoms with van der Waals surface area (Å²) in [5.41, 5.74) is 1.28. The van der Waals surface area contributed by atoms with E-state index in [2.05, 4.69) is 4.90 Å². The van der Waals surface area contributed by atoms with Gasteiger partial charge in [0.05, 0.1) is 0 Å². The molecule has 2 saturated heterocycles. The van der Waals surface area contributed by atoms with Crippen LogP contribution in [0.5, 0.6) is 5.75 Å². The second kappa shape index (κ2) is 7.32. The first-order valence-electron chi connectivity index (χ1n) is 8.53. The number of rotatable bonds is 3. The Hall–Kier alpha value is -1.59. The van der Waals surface area contributed by atoms with Gasteiger partial charge in [0.25, 0.3) is 5.91 Å². The standard InChI is InChI=1S/C18H26N2O3/c1-14-16(3-2-4-17(14)21)18(22)20-9-7-19(8-10-20)13-15-5-11-23-12-6-15/h2-4,15,21H,5-13H2,1H3. The van der Waals surface area contributed by atoms with Crippen molar-refractivity contribution in [2.24, 2.45) is 5.92 Å². The molecule has 0 radical (unpaired) electrons. The van der Waals surface area contributed by atoms with Crippen molar-refractivity contribution >= 4 is 5.91 Å². The van der Waals surface area contributed by atoms with Crippen molar-refractivity contribution in [2.75, 3.05) is 45.9 Å². The van der Waals surface area contributed by atoms with E-state index < -0.39 is 0 Å². The lowest BCUT2D eigenvalue weighted by Crippen LogP contribution is -2.50. The predicted molar refractivity (Wildman–Crippen MR) is 88.7 cm³/mol. The molecule has 2 fully saturated rings. The third-order valence-corrected chi connectivity index (χ3v) is 5.05. The van der Waals surface area contributed by atoms with Gasteiger partial charge in [-0.05, 0) is 37.8 Å². The van der Waals surface area contributed by atoms with Gasteiger partial charge >= 0.3 is 0 Å². The summed E-state index contributed by atoms with van der Waals surface area (Å²) >= 11 is 0. The topological polar surface area (TPSA) is 53.0 Å². The number of carbonyl (C=O) groups is 1. The first-order valence-corrected chi connectivity index (χ1v) is 8.53. The minimum atomic E-state index is 0.0316. The van der Waals surface area contributed by atoms with Crippen LogP contribution in [0.3, 0.4) is 0 Å². The highest BCUT2D eigenvalue weighted by Gasteiger charge is 2.25. The summed E-state index contributed by atoms with van der Waals surface area (Å²) in [6.45, 7) is 8.08. The van der Waals surface area contributed by atoms with E-state index in [1.807, 2.05) is 4.90 Å². The molecule has 5 nitrogen and oxygen atoms in total. The molecular formula is C18H26N2O3. The van der Waals surface area contributed by atoms with Crippen molar-refractivity contribution in [3.8, 4) is 5.75 Å². The Balaban J connectivity index is 1.54. The van der Waals surface area contributed by atoms with Gasteiger partial charge in [0.2, 0.25) is 0 Å². The average molecular weight is 318 g/mol. The molecule has 0 saturated carbocycles. The maximum atomic E-state index is 12.6. The van der Waals surface area contributed by atoms with Crippen molar-refractivity contribution in [3.05, 3.63) is 29.3 Å². The van der Waals surface area contributed by atoms with E-state index in [0.29, 0.717) is 11.1 Å². The Kier molecular flexibility index (Phi) is 5.18. The van der Waals surface area contributed by atoms with Crippen molar-refractivity contribution in [3.63, 3.8) is 0 Å². The zero-order valence-electron chi connectivity index (χ0n) is 13.8. The number of carbonyl (C=O) groups excluding carboxylic acids is 1. The van der Waals surface area contributed by atoms with Crippen LogP contribution in [0, 0.1) is 12.8 Å². The molecule has 1 aromatic rings. The van der Waals surface area contributed by atoms with Crippen LogP contribution in [-0.4, -0.2) is 66.8 Å². The molecule has 126 valence electrons. The minimum Gasteiger partial charge on any atom is -0.508 e. The molecule has 5 heteroatoms. The zero-order chi connectivity index (χ0) is 16.2. The zero-order valence-corrected chi connectivity index (χ0v) is 13.8. The third kappa shape index (κ3) is 3.85. The number of hydrogen-bond acceptors (Lipinski definition) is 4. The first kappa shape index (κ1) is 16.3. The molecule has 0 spiro atoms. The molecule has 0 bridgehead atoms. The highest BCUT2D eigenvalue weighted by atomic mass is 16.5. The predicted octanol–water partition coefficient (Wildman–Crippen LogP) is 1.89. The molecule has 2 heterocycles. The SMILES string of the molecule is Cc1c(O)cccc1C(=O)N1CCN(CC2CCOCC2)CC1. The lowest BCUT2D eigenvalue weighted by molar-refractivity contribution is 0.0393. The van der Waals surface area contributed by atoms with Crippen LogP contribution < -0.4 is 0 Å². The molecule has 0 aromatic heterocycles. The van der Waals surface area contributed by atoms with Crippen LogP contribution in [0.1, 0.15) is 28.8 Å². The summed E-state index contributed by atoms with van der Waals surface area (Å²) in [4.78, 5) is 17.0. The Bertz CT molecular complexity index is 547. The lowest BCUT2D eigenvalue weighted by atomic mass is 9.99. The van der Waals surface area contributed by atoms with Crippen molar-refractivity contribution < 1.29 is 14.6 Å². The van der Waals surface area contributed by atoms with Gasteiger partial charge < -0.3 is 14.7 Å². The van der Waals surface area contributed by atoms with E-state index in [9.17, 15) is 9.90 Å². The third-order valence-electron chi connectivity index (χ3n) is 5.05. The summed E-state index contributed by atoms with van der Waals surface area (Å²) in [5, 5.41) is 9.78. The van der Waals surface area contributed by atoms with Gasteiger partial charge in [-0.3, -0.25) is 9.69 Å². The highest BCUT2D eigenvalue weighted by molar-refractivity contribution is 5.96. The second-order valence-corrected chi connectivity index (χ2v) is 6.60. The maximum absolute atomic E-state index is 12.6. The molecule has 23 heavy (non-hydrogen) atoms. The number of amides is 1. The Morgan fingerprint density at radius 1 is 1.22 bits per heavy atom. The summed E-state index contributed by atoms with van der Waals surface area (Å²) in [6.07, 6.45) is 2.31. The summed E-state index contributed by atoms with van der Waals surface area (Å²) in [5.74, 6) is 0.956. The molecule has 3 rings (SSSR count). The van der Waals surface area contributed by atoms with Crippen molar-refractivity contribution in [2.45, 2.75) is 19.8 Å². The van der Waals surface area contributed by atoms with Gasteiger partial charge in [0.1, 0.15) is 5.75 Å². The van der Waals surface area contributed by atoms with Crippen LogP contribution in [-0.2, 0) is 4.74 Å². The normalized spacial score (nSPS) is 20.7. The van der Waals surface area contributed by atoms with E-state index in [0.717, 1.165) is 64.7 Å². The molecule has 1 amide bonds. The molecular weight excluding hydrogens is 292 g/mol. The minimum absolute atomic E-state index is 0.0316. The number of benzene rings is 1. The lowest BCUT2D eigenvalue weighted by Gasteiger charge is -2.37. The van der Waals surface area contributed by atoms with Gasteiger partial charge in [-0.15, -0.1) is 0 Å². The van der Waals surface area contributed by atoms with Crippen LogP contribution in [0.2, 0.25) is 0 Å². The van der Waals surface area contributed by atoms with Crippen LogP contribution in [0.15, 0.2) is 18.2 Å². The van der Waals surface area contributed by atoms with Gasteiger partial charge in [-0.25, -0.2) is 0 Å². The highest BCUT2D eigenvalue weighted by Crippen LogP contribution is 2.22. The monoisotopic (exact) mass is 318 g/mol. The molecule has 2 aliphatic rings. The number of nitrogens with zero attached hydrogens (tertiary/aromatic N) is 2. The number of hydrogen-bond donors (Lipinski definition) is 1. The number of aromatic hydroxyl groups is 1. The fraction of sp³-hybridized carbons (Fsp3) is 0.611. The number of ether oxygens (including phenoxy) is 1. The average Bonchev–Trinajstić information content (AvgIpc) is 2.58. The quantitative estimate of drug-likeness (QED) is 0.925. The summed E-state index contributed by atoms with van der Waals surface area (Å²) in [7, 11) is 0. The summed E-state index contributed by atoms with van der Waals surface area (Å²) < 4.78 is 5.42. The van der Waals surface area contributed by atoms with Gasteiger partial charge in [-0.2, -0.15) is 0 Å². The number of phenols is 1. The Morgan fingerprint density at radius 2 is 1.91 bits per heavy atom. The largest absolute Gasteiger partial charge is 0.508 e. The molecule has 0 unspecified atom stereocenters. The fourth-order valence-electron chi connectivity index (χ4n) is 3.45. The molecule has 1 aromatic carbocycles. The molecule has 0 atom stereocenters. The van der Waals surface area contributed by atoms with E-state index in [-0.39, 0.29) is 11.7 Å². The molecule has 2 aliphatic heterocycles. The van der Waals surface area contributed by atoms with E-state index in [1.54, 1.807) is 25.1 Å². The van der Waals surface area contributed by atoms with E-state index >= 15 is 0 Å². The van der Waals surface area contributed by atoms with Gasteiger partial charge in [0.15, 0.2) is 0 Å². The Morgan fingerprint density at radius 3 is 2.61 bits per heavy atom. The Labute approximate surface area is 137 Å². The molecule has 0 aliphatic carbocycles.